The Bertz CT molecular complexity index is 129. The maximum Gasteiger partial charge on any atom is 0.208 e. The molecule has 1 amide bonds. The van der Waals surface area contributed by atoms with Crippen molar-refractivity contribution >= 4 is 6.41 Å². The van der Waals surface area contributed by atoms with E-state index in [0.29, 0.717) is 0 Å². The molecule has 72 valence electrons. The van der Waals surface area contributed by atoms with Gasteiger partial charge < -0.3 is 5.32 Å². The van der Waals surface area contributed by atoms with E-state index < -0.39 is 0 Å². The fraction of sp³-hybridized carbons (Fsp3) is 0.889. The van der Waals surface area contributed by atoms with E-state index in [4.69, 9.17) is 0 Å². The van der Waals surface area contributed by atoms with E-state index in [1.807, 2.05) is 6.92 Å². The quantitative estimate of drug-likeness (QED) is 0.481. The summed E-state index contributed by atoms with van der Waals surface area (Å²) in [4.78, 5) is 10.1. The van der Waals surface area contributed by atoms with Gasteiger partial charge in [0.05, 0.1) is 6.17 Å². The first-order valence-electron chi connectivity index (χ1n) is 4.42. The van der Waals surface area contributed by atoms with Crippen molar-refractivity contribution < 1.29 is 4.79 Å². The first-order chi connectivity index (χ1) is 5.49. The van der Waals surface area contributed by atoms with Crippen molar-refractivity contribution in [2.75, 3.05) is 6.54 Å². The molecule has 2 N–H and O–H groups in total. The minimum absolute atomic E-state index is 0.113. The molecule has 0 radical (unpaired) electrons. The molecule has 0 aromatic carbocycles. The van der Waals surface area contributed by atoms with Crippen LogP contribution in [0.4, 0.5) is 0 Å². The average Bonchev–Trinajstić information content (AvgIpc) is 1.96. The van der Waals surface area contributed by atoms with E-state index in [2.05, 4.69) is 31.4 Å². The molecular weight excluding hydrogens is 152 g/mol. The summed E-state index contributed by atoms with van der Waals surface area (Å²) >= 11 is 0. The zero-order chi connectivity index (χ0) is 9.61. The molecule has 0 bridgehead atoms. The highest BCUT2D eigenvalue weighted by Crippen LogP contribution is 2.10. The highest BCUT2D eigenvalue weighted by Gasteiger charge is 2.12. The second-order valence-electron chi connectivity index (χ2n) is 4.19. The maximum absolute atomic E-state index is 10.1. The molecule has 0 aromatic heterocycles. The molecule has 0 rings (SSSR count). The van der Waals surface area contributed by atoms with Crippen LogP contribution in [0, 0.1) is 5.41 Å². The number of carbonyl (C=O) groups is 1. The molecule has 0 aliphatic rings. The third kappa shape index (κ3) is 6.16. The van der Waals surface area contributed by atoms with E-state index in [1.54, 1.807) is 0 Å². The summed E-state index contributed by atoms with van der Waals surface area (Å²) in [5.74, 6) is 0. The molecule has 1 atom stereocenters. The van der Waals surface area contributed by atoms with Crippen molar-refractivity contribution in [1.29, 1.82) is 0 Å². The number of hydrogen-bond donors (Lipinski definition) is 2. The van der Waals surface area contributed by atoms with Crippen LogP contribution < -0.4 is 10.6 Å². The van der Waals surface area contributed by atoms with E-state index in [-0.39, 0.29) is 11.6 Å². The predicted molar refractivity (Wildman–Crippen MR) is 50.7 cm³/mol. The van der Waals surface area contributed by atoms with Crippen LogP contribution >= 0.6 is 0 Å². The van der Waals surface area contributed by atoms with Gasteiger partial charge in [0.1, 0.15) is 0 Å². The van der Waals surface area contributed by atoms with Crippen molar-refractivity contribution in [3.63, 3.8) is 0 Å². The summed E-state index contributed by atoms with van der Waals surface area (Å²) in [7, 11) is 0. The summed E-state index contributed by atoms with van der Waals surface area (Å²) in [5.41, 5.74) is 0.262. The minimum atomic E-state index is 0.113. The van der Waals surface area contributed by atoms with Crippen molar-refractivity contribution in [3.8, 4) is 0 Å². The Morgan fingerprint density at radius 1 is 1.42 bits per heavy atom. The van der Waals surface area contributed by atoms with Crippen LogP contribution in [0.5, 0.6) is 0 Å². The molecule has 3 heteroatoms. The zero-order valence-electron chi connectivity index (χ0n) is 8.48. The lowest BCUT2D eigenvalue weighted by atomic mass is 9.97. The molecule has 0 spiro atoms. The van der Waals surface area contributed by atoms with Crippen LogP contribution in [-0.2, 0) is 4.79 Å². The third-order valence-corrected chi connectivity index (χ3v) is 1.56. The summed E-state index contributed by atoms with van der Waals surface area (Å²) < 4.78 is 0. The van der Waals surface area contributed by atoms with Gasteiger partial charge in [-0.2, -0.15) is 0 Å². The van der Waals surface area contributed by atoms with Gasteiger partial charge in [0.2, 0.25) is 6.41 Å². The van der Waals surface area contributed by atoms with Gasteiger partial charge in [0, 0.05) is 6.54 Å². The number of carbonyl (C=O) groups excluding carboxylic acids is 1. The lowest BCUT2D eigenvalue weighted by molar-refractivity contribution is -0.110. The Morgan fingerprint density at radius 3 is 2.33 bits per heavy atom. The molecule has 12 heavy (non-hydrogen) atoms. The standard InChI is InChI=1S/C9H20N2O/c1-5-8(11-7-12)10-6-9(2,3)4/h7-8,10H,5-6H2,1-4H3,(H,11,12). The Kier molecular flexibility index (Phi) is 4.90. The fourth-order valence-electron chi connectivity index (χ4n) is 0.833. The zero-order valence-corrected chi connectivity index (χ0v) is 8.48. The Balaban J connectivity index is 3.64. The largest absolute Gasteiger partial charge is 0.343 e. The predicted octanol–water partition coefficient (Wildman–Crippen LogP) is 1.10. The molecule has 1 unspecified atom stereocenters. The number of amides is 1. The minimum Gasteiger partial charge on any atom is -0.343 e. The molecule has 0 saturated carbocycles. The van der Waals surface area contributed by atoms with E-state index in [0.717, 1.165) is 19.4 Å². The van der Waals surface area contributed by atoms with Crippen molar-refractivity contribution in [3.05, 3.63) is 0 Å². The van der Waals surface area contributed by atoms with E-state index >= 15 is 0 Å². The molecule has 0 saturated heterocycles. The Hall–Kier alpha value is -0.570. The highest BCUT2D eigenvalue weighted by molar-refractivity contribution is 5.46. The van der Waals surface area contributed by atoms with Crippen molar-refractivity contribution in [2.24, 2.45) is 5.41 Å². The van der Waals surface area contributed by atoms with Gasteiger partial charge in [-0.05, 0) is 11.8 Å². The second kappa shape index (κ2) is 5.14. The van der Waals surface area contributed by atoms with Crippen molar-refractivity contribution in [1.82, 2.24) is 10.6 Å². The summed E-state index contributed by atoms with van der Waals surface area (Å²) in [6.07, 6.45) is 1.76. The molecule has 0 fully saturated rings. The van der Waals surface area contributed by atoms with Crippen LogP contribution in [0.2, 0.25) is 0 Å². The third-order valence-electron chi connectivity index (χ3n) is 1.56. The van der Waals surface area contributed by atoms with Crippen LogP contribution in [0.15, 0.2) is 0 Å². The number of rotatable bonds is 5. The molecular formula is C9H20N2O. The lowest BCUT2D eigenvalue weighted by Crippen LogP contribution is -2.44. The Labute approximate surface area is 74.9 Å². The molecule has 0 aliphatic carbocycles. The van der Waals surface area contributed by atoms with Gasteiger partial charge in [-0.1, -0.05) is 27.7 Å². The van der Waals surface area contributed by atoms with Crippen LogP contribution in [0.1, 0.15) is 34.1 Å². The van der Waals surface area contributed by atoms with Gasteiger partial charge in [-0.25, -0.2) is 0 Å². The van der Waals surface area contributed by atoms with Gasteiger partial charge in [0.15, 0.2) is 0 Å². The summed E-state index contributed by atoms with van der Waals surface area (Å²) in [5, 5.41) is 5.98. The fourth-order valence-corrected chi connectivity index (χ4v) is 0.833. The lowest BCUT2D eigenvalue weighted by Gasteiger charge is -2.23. The smallest absolute Gasteiger partial charge is 0.208 e. The molecule has 0 aliphatic heterocycles. The maximum atomic E-state index is 10.1. The highest BCUT2D eigenvalue weighted by atomic mass is 16.1. The van der Waals surface area contributed by atoms with Gasteiger partial charge >= 0.3 is 0 Å². The number of hydrogen-bond acceptors (Lipinski definition) is 2. The normalized spacial score (nSPS) is 14.0. The van der Waals surface area contributed by atoms with E-state index in [1.165, 1.54) is 0 Å². The first-order valence-corrected chi connectivity index (χ1v) is 4.42. The average molecular weight is 172 g/mol. The second-order valence-corrected chi connectivity index (χ2v) is 4.19. The van der Waals surface area contributed by atoms with Gasteiger partial charge in [0.25, 0.3) is 0 Å². The van der Waals surface area contributed by atoms with Crippen LogP contribution in [0.3, 0.4) is 0 Å². The molecule has 3 nitrogen and oxygen atoms in total. The van der Waals surface area contributed by atoms with Gasteiger partial charge in [-0.3, -0.25) is 10.1 Å². The summed E-state index contributed by atoms with van der Waals surface area (Å²) in [6.45, 7) is 9.43. The Morgan fingerprint density at radius 2 is 2.00 bits per heavy atom. The topological polar surface area (TPSA) is 41.1 Å². The molecule has 0 heterocycles. The van der Waals surface area contributed by atoms with Gasteiger partial charge in [-0.15, -0.1) is 0 Å². The van der Waals surface area contributed by atoms with E-state index in [9.17, 15) is 4.79 Å². The SMILES string of the molecule is CCC(NC=O)NCC(C)(C)C. The molecule has 0 aromatic rings. The first kappa shape index (κ1) is 11.4. The summed E-state index contributed by atoms with van der Waals surface area (Å²) in [6, 6.07) is 0. The monoisotopic (exact) mass is 172 g/mol. The van der Waals surface area contributed by atoms with Crippen LogP contribution in [0.25, 0.3) is 0 Å². The van der Waals surface area contributed by atoms with Crippen LogP contribution in [-0.4, -0.2) is 19.1 Å². The van der Waals surface area contributed by atoms with Crippen molar-refractivity contribution in [2.45, 2.75) is 40.3 Å². The number of nitrogens with one attached hydrogen (secondary N) is 2.